The van der Waals surface area contributed by atoms with Crippen molar-refractivity contribution in [1.29, 1.82) is 0 Å². The molecule has 2 N–H and O–H groups in total. The predicted molar refractivity (Wildman–Crippen MR) is 93.6 cm³/mol. The molecule has 2 rings (SSSR count). The Morgan fingerprint density at radius 3 is 2.62 bits per heavy atom. The summed E-state index contributed by atoms with van der Waals surface area (Å²) < 4.78 is 10.8. The summed E-state index contributed by atoms with van der Waals surface area (Å²) in [5.41, 5.74) is 1.77. The largest absolute Gasteiger partial charge is 0.439 e. The smallest absolute Gasteiger partial charge is 0.319 e. The molecule has 0 saturated heterocycles. The Bertz CT molecular complexity index is 627. The zero-order valence-electron chi connectivity index (χ0n) is 14.0. The second-order valence-corrected chi connectivity index (χ2v) is 5.23. The van der Waals surface area contributed by atoms with E-state index in [2.05, 4.69) is 15.6 Å². The summed E-state index contributed by atoms with van der Waals surface area (Å²) in [5, 5.41) is 5.48. The van der Waals surface area contributed by atoms with Crippen molar-refractivity contribution in [2.45, 2.75) is 20.3 Å². The molecule has 2 amide bonds. The molecule has 6 nitrogen and oxygen atoms in total. The maximum atomic E-state index is 11.7. The first-order chi connectivity index (χ1) is 11.7. The average molecular weight is 329 g/mol. The first-order valence-electron chi connectivity index (χ1n) is 8.00. The van der Waals surface area contributed by atoms with Gasteiger partial charge in [0.25, 0.3) is 0 Å². The summed E-state index contributed by atoms with van der Waals surface area (Å²) >= 11 is 0. The van der Waals surface area contributed by atoms with Crippen molar-refractivity contribution in [2.75, 3.05) is 25.1 Å². The van der Waals surface area contributed by atoms with E-state index >= 15 is 0 Å². The lowest BCUT2D eigenvalue weighted by Crippen LogP contribution is -2.30. The third-order valence-electron chi connectivity index (χ3n) is 3.19. The van der Waals surface area contributed by atoms with E-state index in [0.29, 0.717) is 31.3 Å². The number of carbonyl (C=O) groups excluding carboxylic acids is 1. The lowest BCUT2D eigenvalue weighted by atomic mass is 10.2. The number of amides is 2. The van der Waals surface area contributed by atoms with E-state index in [1.165, 1.54) is 5.56 Å². The summed E-state index contributed by atoms with van der Waals surface area (Å²) in [6.07, 6.45) is 2.34. The van der Waals surface area contributed by atoms with Gasteiger partial charge < -0.3 is 20.1 Å². The zero-order chi connectivity index (χ0) is 17.2. The van der Waals surface area contributed by atoms with Crippen LogP contribution in [0.15, 0.2) is 42.6 Å². The number of nitrogens with zero attached hydrogens (tertiary/aromatic N) is 1. The van der Waals surface area contributed by atoms with Crippen LogP contribution in [0.25, 0.3) is 0 Å². The molecule has 0 atom stereocenters. The minimum atomic E-state index is -0.263. The highest BCUT2D eigenvalue weighted by atomic mass is 16.5. The second-order valence-electron chi connectivity index (χ2n) is 5.23. The second kappa shape index (κ2) is 9.52. The first-order valence-corrected chi connectivity index (χ1v) is 8.00. The van der Waals surface area contributed by atoms with Crippen LogP contribution in [0.2, 0.25) is 0 Å². The number of urea groups is 1. The monoisotopic (exact) mass is 329 g/mol. The number of aromatic nitrogens is 1. The van der Waals surface area contributed by atoms with E-state index < -0.39 is 0 Å². The highest BCUT2D eigenvalue weighted by molar-refractivity contribution is 5.88. The summed E-state index contributed by atoms with van der Waals surface area (Å²) in [5.74, 6) is 1.20. The third-order valence-corrected chi connectivity index (χ3v) is 3.19. The van der Waals surface area contributed by atoms with Crippen molar-refractivity contribution in [1.82, 2.24) is 10.3 Å². The van der Waals surface area contributed by atoms with Gasteiger partial charge in [-0.2, -0.15) is 0 Å². The summed E-state index contributed by atoms with van der Waals surface area (Å²) in [7, 11) is 0. The molecule has 0 aliphatic carbocycles. The normalized spacial score (nSPS) is 10.2. The molecular weight excluding hydrogens is 306 g/mol. The molecule has 2 aromatic rings. The molecule has 0 spiro atoms. The molecule has 0 fully saturated rings. The van der Waals surface area contributed by atoms with Crippen molar-refractivity contribution >= 4 is 11.7 Å². The Morgan fingerprint density at radius 1 is 1.17 bits per heavy atom. The predicted octanol–water partition coefficient (Wildman–Crippen LogP) is 3.73. The maximum absolute atomic E-state index is 11.7. The number of nitrogens with one attached hydrogen (secondary N) is 2. The van der Waals surface area contributed by atoms with Gasteiger partial charge in [-0.25, -0.2) is 9.78 Å². The number of pyridine rings is 1. The highest BCUT2D eigenvalue weighted by Gasteiger charge is 2.03. The van der Waals surface area contributed by atoms with Crippen molar-refractivity contribution in [3.63, 3.8) is 0 Å². The van der Waals surface area contributed by atoms with Gasteiger partial charge in [-0.05, 0) is 38.5 Å². The molecule has 1 aromatic heterocycles. The molecule has 0 unspecified atom stereocenters. The van der Waals surface area contributed by atoms with Gasteiger partial charge in [-0.3, -0.25) is 0 Å². The van der Waals surface area contributed by atoms with E-state index in [4.69, 9.17) is 9.47 Å². The van der Waals surface area contributed by atoms with E-state index in [1.807, 2.05) is 38.1 Å². The highest BCUT2D eigenvalue weighted by Crippen LogP contribution is 2.20. The number of aryl methyl sites for hydroxylation is 1. The van der Waals surface area contributed by atoms with Gasteiger partial charge in [0.2, 0.25) is 5.88 Å². The van der Waals surface area contributed by atoms with Crippen LogP contribution in [0.3, 0.4) is 0 Å². The fraction of sp³-hybridized carbons (Fsp3) is 0.333. The lowest BCUT2D eigenvalue weighted by Gasteiger charge is -2.09. The van der Waals surface area contributed by atoms with Crippen molar-refractivity contribution < 1.29 is 14.3 Å². The topological polar surface area (TPSA) is 72.5 Å². The van der Waals surface area contributed by atoms with E-state index in [9.17, 15) is 4.79 Å². The molecule has 6 heteroatoms. The van der Waals surface area contributed by atoms with Crippen molar-refractivity contribution in [2.24, 2.45) is 0 Å². The minimum Gasteiger partial charge on any atom is -0.439 e. The zero-order valence-corrected chi connectivity index (χ0v) is 14.0. The summed E-state index contributed by atoms with van der Waals surface area (Å²) in [4.78, 5) is 15.9. The van der Waals surface area contributed by atoms with Crippen molar-refractivity contribution in [3.05, 3.63) is 48.2 Å². The van der Waals surface area contributed by atoms with Gasteiger partial charge in [0.05, 0.1) is 11.9 Å². The Morgan fingerprint density at radius 2 is 1.96 bits per heavy atom. The van der Waals surface area contributed by atoms with E-state index in [1.54, 1.807) is 18.3 Å². The van der Waals surface area contributed by atoms with Gasteiger partial charge in [-0.1, -0.05) is 17.7 Å². The molecule has 0 bridgehead atoms. The molecule has 24 heavy (non-hydrogen) atoms. The molecule has 0 aliphatic heterocycles. The molecular formula is C18H23N3O3. The number of carbonyl (C=O) groups is 1. The molecule has 0 saturated carbocycles. The quantitative estimate of drug-likeness (QED) is 0.724. The van der Waals surface area contributed by atoms with Crippen molar-refractivity contribution in [3.8, 4) is 11.6 Å². The average Bonchev–Trinajstić information content (AvgIpc) is 2.58. The molecule has 0 aliphatic rings. The number of anilines is 1. The van der Waals surface area contributed by atoms with Gasteiger partial charge >= 0.3 is 6.03 Å². The molecule has 1 aromatic carbocycles. The van der Waals surface area contributed by atoms with Crippen LogP contribution in [-0.4, -0.2) is 30.8 Å². The maximum Gasteiger partial charge on any atom is 0.319 e. The van der Waals surface area contributed by atoms with Crippen LogP contribution < -0.4 is 15.4 Å². The summed E-state index contributed by atoms with van der Waals surface area (Å²) in [6.45, 7) is 5.86. The first kappa shape index (κ1) is 17.7. The minimum absolute atomic E-state index is 0.263. The van der Waals surface area contributed by atoms with Crippen LogP contribution in [-0.2, 0) is 4.74 Å². The fourth-order valence-corrected chi connectivity index (χ4v) is 1.94. The van der Waals surface area contributed by atoms with E-state index in [0.717, 1.165) is 12.2 Å². The van der Waals surface area contributed by atoms with E-state index in [-0.39, 0.29) is 6.03 Å². The number of benzene rings is 1. The number of hydrogen-bond acceptors (Lipinski definition) is 4. The van der Waals surface area contributed by atoms with Crippen LogP contribution in [0.5, 0.6) is 11.6 Å². The van der Waals surface area contributed by atoms with Gasteiger partial charge in [0, 0.05) is 25.8 Å². The Balaban J connectivity index is 1.77. The Kier molecular flexibility index (Phi) is 7.04. The third kappa shape index (κ3) is 6.26. The lowest BCUT2D eigenvalue weighted by molar-refractivity contribution is 0.145. The van der Waals surface area contributed by atoms with Gasteiger partial charge in [-0.15, -0.1) is 0 Å². The van der Waals surface area contributed by atoms with Crippen LogP contribution in [0.1, 0.15) is 18.9 Å². The van der Waals surface area contributed by atoms with Crippen LogP contribution in [0, 0.1) is 6.92 Å². The van der Waals surface area contributed by atoms with Crippen LogP contribution >= 0.6 is 0 Å². The van der Waals surface area contributed by atoms with Crippen LogP contribution in [0.4, 0.5) is 10.5 Å². The van der Waals surface area contributed by atoms with Gasteiger partial charge in [0.15, 0.2) is 0 Å². The fourth-order valence-electron chi connectivity index (χ4n) is 1.94. The molecule has 128 valence electrons. The molecule has 0 radical (unpaired) electrons. The standard InChI is InChI=1S/C18H23N3O3/c1-3-23-12-4-11-19-18(22)21-15-7-10-17(20-13-15)24-16-8-5-14(2)6-9-16/h5-10,13H,3-4,11-12H2,1-2H3,(H2,19,21,22). The number of ether oxygens (including phenoxy) is 2. The number of hydrogen-bond donors (Lipinski definition) is 2. The number of rotatable bonds is 8. The van der Waals surface area contributed by atoms with Gasteiger partial charge in [0.1, 0.15) is 5.75 Å². The molecule has 1 heterocycles. The Hall–Kier alpha value is -2.60. The SMILES string of the molecule is CCOCCCNC(=O)Nc1ccc(Oc2ccc(C)cc2)nc1. The Labute approximate surface area is 142 Å². The summed E-state index contributed by atoms with van der Waals surface area (Å²) in [6, 6.07) is 10.9.